The molecule has 0 bridgehead atoms. The van der Waals surface area contributed by atoms with Gasteiger partial charge in [-0.3, -0.25) is 4.79 Å². The molecule has 1 aromatic heterocycles. The molecule has 16 heavy (non-hydrogen) atoms. The van der Waals surface area contributed by atoms with E-state index in [-0.39, 0.29) is 5.91 Å². The number of rotatable bonds is 4. The van der Waals surface area contributed by atoms with Crippen molar-refractivity contribution in [3.63, 3.8) is 0 Å². The summed E-state index contributed by atoms with van der Waals surface area (Å²) in [5, 5.41) is 0. The molecule has 0 aliphatic heterocycles. The highest BCUT2D eigenvalue weighted by Crippen LogP contribution is 2.09. The average Bonchev–Trinajstić information content (AvgIpc) is 2.25. The first-order chi connectivity index (χ1) is 7.52. The Hall–Kier alpha value is -1.62. The molecular weight excluding hydrogens is 204 g/mol. The van der Waals surface area contributed by atoms with Gasteiger partial charge in [0.2, 0.25) is 0 Å². The van der Waals surface area contributed by atoms with Gasteiger partial charge < -0.3 is 15.5 Å². The zero-order chi connectivity index (χ0) is 12.1. The van der Waals surface area contributed by atoms with Gasteiger partial charge in [0, 0.05) is 26.3 Å². The topological polar surface area (TPSA) is 62.5 Å². The zero-order valence-corrected chi connectivity index (χ0v) is 9.97. The second-order valence-corrected chi connectivity index (χ2v) is 3.97. The number of carbonyl (C=O) groups excluding carboxylic acids is 1. The van der Waals surface area contributed by atoms with Crippen molar-refractivity contribution >= 4 is 11.6 Å². The molecular formula is C11H18N4O. The largest absolute Gasteiger partial charge is 0.397 e. The Bertz CT molecular complexity index is 365. The smallest absolute Gasteiger partial charge is 0.274 e. The van der Waals surface area contributed by atoms with Gasteiger partial charge in [-0.15, -0.1) is 0 Å². The maximum Gasteiger partial charge on any atom is 0.274 e. The van der Waals surface area contributed by atoms with Crippen LogP contribution in [0.25, 0.3) is 0 Å². The molecule has 1 heterocycles. The average molecular weight is 222 g/mol. The van der Waals surface area contributed by atoms with E-state index in [1.807, 2.05) is 19.0 Å². The minimum Gasteiger partial charge on any atom is -0.397 e. The van der Waals surface area contributed by atoms with Crippen molar-refractivity contribution in [2.75, 3.05) is 40.0 Å². The Morgan fingerprint density at radius 2 is 2.06 bits per heavy atom. The minimum absolute atomic E-state index is 0.139. The summed E-state index contributed by atoms with van der Waals surface area (Å²) in [4.78, 5) is 19.6. The van der Waals surface area contributed by atoms with E-state index in [4.69, 9.17) is 5.73 Å². The Morgan fingerprint density at radius 1 is 1.38 bits per heavy atom. The summed E-state index contributed by atoms with van der Waals surface area (Å²) in [6.45, 7) is 1.47. The van der Waals surface area contributed by atoms with Crippen LogP contribution in [0.5, 0.6) is 0 Å². The summed E-state index contributed by atoms with van der Waals surface area (Å²) >= 11 is 0. The van der Waals surface area contributed by atoms with Crippen LogP contribution in [0.4, 0.5) is 5.69 Å². The molecule has 0 aliphatic carbocycles. The Balaban J connectivity index is 2.67. The molecule has 5 heteroatoms. The lowest BCUT2D eigenvalue weighted by Gasteiger charge is -2.19. The number of hydrogen-bond acceptors (Lipinski definition) is 4. The van der Waals surface area contributed by atoms with Crippen LogP contribution < -0.4 is 5.73 Å². The predicted molar refractivity (Wildman–Crippen MR) is 64.2 cm³/mol. The summed E-state index contributed by atoms with van der Waals surface area (Å²) in [5.74, 6) is -0.139. The molecule has 1 aromatic rings. The molecule has 0 aliphatic rings. The number of nitrogen functional groups attached to an aromatic ring is 1. The second kappa shape index (κ2) is 5.46. The molecule has 0 aromatic carbocycles. The lowest BCUT2D eigenvalue weighted by atomic mass is 10.2. The van der Waals surface area contributed by atoms with Gasteiger partial charge in [0.1, 0.15) is 0 Å². The number of likely N-dealkylation sites (N-methyl/N-ethyl adjacent to an activating group) is 2. The first-order valence-electron chi connectivity index (χ1n) is 5.13. The number of anilines is 1. The summed E-state index contributed by atoms with van der Waals surface area (Å²) in [7, 11) is 5.68. The van der Waals surface area contributed by atoms with Crippen LogP contribution in [-0.4, -0.2) is 54.9 Å². The molecule has 0 spiro atoms. The number of aromatic nitrogens is 1. The lowest BCUT2D eigenvalue weighted by Crippen LogP contribution is -2.34. The van der Waals surface area contributed by atoms with Crippen molar-refractivity contribution < 1.29 is 4.79 Å². The third-order valence-corrected chi connectivity index (χ3v) is 2.27. The highest BCUT2D eigenvalue weighted by Gasteiger charge is 2.15. The Labute approximate surface area is 95.9 Å². The van der Waals surface area contributed by atoms with E-state index in [1.165, 1.54) is 0 Å². The molecule has 2 N–H and O–H groups in total. The van der Waals surface area contributed by atoms with Crippen LogP contribution in [0.15, 0.2) is 18.3 Å². The number of nitrogens with two attached hydrogens (primary N) is 1. The highest BCUT2D eigenvalue weighted by molar-refractivity contribution is 5.96. The van der Waals surface area contributed by atoms with Gasteiger partial charge in [0.15, 0.2) is 5.69 Å². The SMILES string of the molecule is CN(C)CCN(C)C(=O)c1ncccc1N. The maximum atomic E-state index is 11.9. The van der Waals surface area contributed by atoms with E-state index in [0.29, 0.717) is 17.9 Å². The normalized spacial score (nSPS) is 10.5. The summed E-state index contributed by atoms with van der Waals surface area (Å²) < 4.78 is 0. The first kappa shape index (κ1) is 12.4. The lowest BCUT2D eigenvalue weighted by molar-refractivity contribution is 0.0781. The molecule has 0 unspecified atom stereocenters. The van der Waals surface area contributed by atoms with Crippen LogP contribution in [0, 0.1) is 0 Å². The Kier molecular flexibility index (Phi) is 4.25. The monoisotopic (exact) mass is 222 g/mol. The number of carbonyl (C=O) groups is 1. The molecule has 5 nitrogen and oxygen atoms in total. The number of nitrogens with zero attached hydrogens (tertiary/aromatic N) is 3. The van der Waals surface area contributed by atoms with Gasteiger partial charge >= 0.3 is 0 Å². The molecule has 0 fully saturated rings. The summed E-state index contributed by atoms with van der Waals surface area (Å²) in [6, 6.07) is 3.39. The van der Waals surface area contributed by atoms with Crippen molar-refractivity contribution in [1.29, 1.82) is 0 Å². The van der Waals surface area contributed by atoms with E-state index < -0.39 is 0 Å². The fourth-order valence-corrected chi connectivity index (χ4v) is 1.23. The van der Waals surface area contributed by atoms with E-state index in [0.717, 1.165) is 6.54 Å². The molecule has 0 saturated carbocycles. The van der Waals surface area contributed by atoms with Gasteiger partial charge in [-0.2, -0.15) is 0 Å². The van der Waals surface area contributed by atoms with Gasteiger partial charge in [0.25, 0.3) is 5.91 Å². The van der Waals surface area contributed by atoms with E-state index in [9.17, 15) is 4.79 Å². The molecule has 0 radical (unpaired) electrons. The van der Waals surface area contributed by atoms with Crippen LogP contribution >= 0.6 is 0 Å². The third-order valence-electron chi connectivity index (χ3n) is 2.27. The van der Waals surface area contributed by atoms with E-state index in [1.54, 1.807) is 30.3 Å². The van der Waals surface area contributed by atoms with Crippen LogP contribution in [-0.2, 0) is 0 Å². The quantitative estimate of drug-likeness (QED) is 0.795. The number of hydrogen-bond donors (Lipinski definition) is 1. The maximum absolute atomic E-state index is 11.9. The second-order valence-electron chi connectivity index (χ2n) is 3.97. The van der Waals surface area contributed by atoms with Gasteiger partial charge in [-0.25, -0.2) is 4.98 Å². The molecule has 1 rings (SSSR count). The van der Waals surface area contributed by atoms with Gasteiger partial charge in [0.05, 0.1) is 5.69 Å². The van der Waals surface area contributed by atoms with Crippen molar-refractivity contribution in [3.8, 4) is 0 Å². The fourth-order valence-electron chi connectivity index (χ4n) is 1.23. The Morgan fingerprint density at radius 3 is 2.62 bits per heavy atom. The van der Waals surface area contributed by atoms with E-state index in [2.05, 4.69) is 4.98 Å². The van der Waals surface area contributed by atoms with Crippen molar-refractivity contribution in [2.24, 2.45) is 0 Å². The van der Waals surface area contributed by atoms with Crippen molar-refractivity contribution in [2.45, 2.75) is 0 Å². The van der Waals surface area contributed by atoms with Crippen LogP contribution in [0.1, 0.15) is 10.5 Å². The highest BCUT2D eigenvalue weighted by atomic mass is 16.2. The van der Waals surface area contributed by atoms with Crippen LogP contribution in [0.3, 0.4) is 0 Å². The fraction of sp³-hybridized carbons (Fsp3) is 0.455. The van der Waals surface area contributed by atoms with Crippen LogP contribution in [0.2, 0.25) is 0 Å². The first-order valence-corrected chi connectivity index (χ1v) is 5.13. The summed E-state index contributed by atoms with van der Waals surface area (Å²) in [6.07, 6.45) is 1.57. The van der Waals surface area contributed by atoms with Crippen molar-refractivity contribution in [3.05, 3.63) is 24.0 Å². The van der Waals surface area contributed by atoms with Gasteiger partial charge in [-0.1, -0.05) is 0 Å². The zero-order valence-electron chi connectivity index (χ0n) is 9.97. The van der Waals surface area contributed by atoms with Gasteiger partial charge in [-0.05, 0) is 26.2 Å². The molecule has 1 amide bonds. The minimum atomic E-state index is -0.139. The molecule has 88 valence electrons. The van der Waals surface area contributed by atoms with Crippen molar-refractivity contribution in [1.82, 2.24) is 14.8 Å². The molecule has 0 saturated heterocycles. The number of pyridine rings is 1. The van der Waals surface area contributed by atoms with E-state index >= 15 is 0 Å². The third kappa shape index (κ3) is 3.20. The summed E-state index contributed by atoms with van der Waals surface area (Å²) in [5.41, 5.74) is 6.44. The molecule has 0 atom stereocenters. The number of amides is 1. The predicted octanol–water partition coefficient (Wildman–Crippen LogP) is 0.297. The standard InChI is InChI=1S/C11H18N4O/c1-14(2)7-8-15(3)11(16)10-9(12)5-4-6-13-10/h4-6H,7-8,12H2,1-3H3.